The lowest BCUT2D eigenvalue weighted by molar-refractivity contribution is -0.120. The molecule has 0 aliphatic carbocycles. The topological polar surface area (TPSA) is 101 Å². The Kier molecular flexibility index (Phi) is 5.07. The van der Waals surface area contributed by atoms with Crippen molar-refractivity contribution < 1.29 is 27.5 Å². The van der Waals surface area contributed by atoms with Crippen LogP contribution in [0, 0.1) is 5.82 Å². The van der Waals surface area contributed by atoms with Crippen molar-refractivity contribution in [1.82, 2.24) is 5.32 Å². The maximum Gasteiger partial charge on any atom is 0.337 e. The zero-order valence-corrected chi connectivity index (χ0v) is 11.9. The number of sulfone groups is 1. The van der Waals surface area contributed by atoms with Crippen LogP contribution in [0.3, 0.4) is 0 Å². The van der Waals surface area contributed by atoms with Crippen LogP contribution in [-0.2, 0) is 14.6 Å². The van der Waals surface area contributed by atoms with Gasteiger partial charge < -0.3 is 10.4 Å². The molecular formula is C11H11ClFNO5S. The van der Waals surface area contributed by atoms with Crippen LogP contribution < -0.4 is 5.32 Å². The van der Waals surface area contributed by atoms with Gasteiger partial charge in [-0.05, 0) is 12.1 Å². The Morgan fingerprint density at radius 2 is 2.00 bits per heavy atom. The molecule has 0 saturated heterocycles. The molecule has 1 aromatic carbocycles. The van der Waals surface area contributed by atoms with Gasteiger partial charge >= 0.3 is 5.97 Å². The van der Waals surface area contributed by atoms with Crippen molar-refractivity contribution in [2.24, 2.45) is 0 Å². The minimum absolute atomic E-state index is 0.314. The third-order valence-corrected chi connectivity index (χ3v) is 4.55. The maximum atomic E-state index is 13.5. The second kappa shape index (κ2) is 6.19. The zero-order valence-electron chi connectivity index (χ0n) is 10.3. The van der Waals surface area contributed by atoms with Crippen LogP contribution in [0.25, 0.3) is 0 Å². The first-order valence-corrected chi connectivity index (χ1v) is 7.37. The third-order valence-electron chi connectivity index (χ3n) is 2.47. The van der Waals surface area contributed by atoms with E-state index in [1.807, 2.05) is 0 Å². The highest BCUT2D eigenvalue weighted by atomic mass is 35.5. The fourth-order valence-electron chi connectivity index (χ4n) is 1.37. The summed E-state index contributed by atoms with van der Waals surface area (Å²) in [5.41, 5.74) is -0.648. The highest BCUT2D eigenvalue weighted by molar-refractivity contribution is 7.91. The molecule has 0 unspecified atom stereocenters. The number of carboxylic acid groups (broad SMARTS) is 1. The number of rotatable bonds is 5. The molecule has 0 aromatic heterocycles. The van der Waals surface area contributed by atoms with Gasteiger partial charge in [-0.15, -0.1) is 0 Å². The lowest BCUT2D eigenvalue weighted by Crippen LogP contribution is -2.21. The van der Waals surface area contributed by atoms with E-state index in [1.54, 1.807) is 0 Å². The van der Waals surface area contributed by atoms with Gasteiger partial charge in [-0.3, -0.25) is 4.79 Å². The summed E-state index contributed by atoms with van der Waals surface area (Å²) in [7, 11) is -2.64. The Labute approximate surface area is 119 Å². The Morgan fingerprint density at radius 1 is 1.40 bits per heavy atom. The van der Waals surface area contributed by atoms with Crippen molar-refractivity contribution in [3.05, 3.63) is 28.5 Å². The van der Waals surface area contributed by atoms with Crippen molar-refractivity contribution in [1.29, 1.82) is 0 Å². The SMILES string of the molecule is CNC(=O)CCS(=O)(=O)c1cc(F)c(Cl)c(C(=O)O)c1. The molecule has 110 valence electrons. The fourth-order valence-corrected chi connectivity index (χ4v) is 2.83. The van der Waals surface area contributed by atoms with Crippen LogP contribution in [0.2, 0.25) is 5.02 Å². The quantitative estimate of drug-likeness (QED) is 0.844. The predicted octanol–water partition coefficient (Wildman–Crippen LogP) is 1.09. The maximum absolute atomic E-state index is 13.5. The van der Waals surface area contributed by atoms with Gasteiger partial charge in [0.1, 0.15) is 5.82 Å². The van der Waals surface area contributed by atoms with Gasteiger partial charge in [-0.25, -0.2) is 17.6 Å². The second-order valence-corrected chi connectivity index (χ2v) is 6.30. The van der Waals surface area contributed by atoms with Crippen molar-refractivity contribution in [3.63, 3.8) is 0 Å². The summed E-state index contributed by atoms with van der Waals surface area (Å²) >= 11 is 5.45. The summed E-state index contributed by atoms with van der Waals surface area (Å²) in [5.74, 6) is -3.75. The molecule has 2 N–H and O–H groups in total. The summed E-state index contributed by atoms with van der Waals surface area (Å²) < 4.78 is 37.3. The molecule has 9 heteroatoms. The van der Waals surface area contributed by atoms with Crippen molar-refractivity contribution >= 4 is 33.3 Å². The van der Waals surface area contributed by atoms with Gasteiger partial charge in [0.05, 0.1) is 21.2 Å². The zero-order chi connectivity index (χ0) is 15.5. The molecule has 0 heterocycles. The molecular weight excluding hydrogens is 313 g/mol. The van der Waals surface area contributed by atoms with Crippen LogP contribution >= 0.6 is 11.6 Å². The molecule has 0 aliphatic rings. The first kappa shape index (κ1) is 16.4. The van der Waals surface area contributed by atoms with E-state index >= 15 is 0 Å². The summed E-state index contributed by atoms with van der Waals surface area (Å²) in [5, 5.41) is 10.4. The average Bonchev–Trinajstić information content (AvgIpc) is 2.38. The highest BCUT2D eigenvalue weighted by Crippen LogP contribution is 2.25. The molecule has 0 spiro atoms. The van der Waals surface area contributed by atoms with E-state index in [2.05, 4.69) is 5.32 Å². The van der Waals surface area contributed by atoms with Gasteiger partial charge in [-0.2, -0.15) is 0 Å². The Hall–Kier alpha value is -1.67. The largest absolute Gasteiger partial charge is 0.478 e. The van der Waals surface area contributed by atoms with E-state index < -0.39 is 48.8 Å². The number of hydrogen-bond donors (Lipinski definition) is 2. The highest BCUT2D eigenvalue weighted by Gasteiger charge is 2.22. The molecule has 0 fully saturated rings. The number of amides is 1. The normalized spacial score (nSPS) is 11.2. The predicted molar refractivity (Wildman–Crippen MR) is 69.1 cm³/mol. The summed E-state index contributed by atoms with van der Waals surface area (Å²) in [6.07, 6.45) is -0.314. The lowest BCUT2D eigenvalue weighted by atomic mass is 10.2. The summed E-state index contributed by atoms with van der Waals surface area (Å²) in [4.78, 5) is 21.3. The standard InChI is InChI=1S/C11H11ClFNO5S/c1-14-9(15)2-3-20(18,19)6-4-7(11(16)17)10(12)8(13)5-6/h4-5H,2-3H2,1H3,(H,14,15)(H,16,17). The van der Waals surface area contributed by atoms with Crippen LogP contribution in [0.15, 0.2) is 17.0 Å². The van der Waals surface area contributed by atoms with Crippen molar-refractivity contribution in [2.45, 2.75) is 11.3 Å². The summed E-state index contributed by atoms with van der Waals surface area (Å²) in [6, 6.07) is 1.40. The van der Waals surface area contributed by atoms with E-state index in [0.29, 0.717) is 6.07 Å². The Balaban J connectivity index is 3.19. The Morgan fingerprint density at radius 3 is 2.50 bits per heavy atom. The number of nitrogens with one attached hydrogen (secondary N) is 1. The number of carboxylic acids is 1. The molecule has 0 aliphatic heterocycles. The Bertz CT molecular complexity index is 659. The number of halogens is 2. The van der Waals surface area contributed by atoms with Crippen molar-refractivity contribution in [3.8, 4) is 0 Å². The van der Waals surface area contributed by atoms with E-state index in [0.717, 1.165) is 6.07 Å². The molecule has 0 bridgehead atoms. The molecule has 0 radical (unpaired) electrons. The van der Waals surface area contributed by atoms with E-state index in [4.69, 9.17) is 16.7 Å². The van der Waals surface area contributed by atoms with E-state index in [-0.39, 0.29) is 6.42 Å². The van der Waals surface area contributed by atoms with Crippen LogP contribution in [0.4, 0.5) is 4.39 Å². The average molecular weight is 324 g/mol. The lowest BCUT2D eigenvalue weighted by Gasteiger charge is -2.07. The molecule has 20 heavy (non-hydrogen) atoms. The van der Waals surface area contributed by atoms with Crippen LogP contribution in [0.5, 0.6) is 0 Å². The number of carbonyl (C=O) groups is 2. The van der Waals surface area contributed by atoms with E-state index in [9.17, 15) is 22.4 Å². The van der Waals surface area contributed by atoms with E-state index in [1.165, 1.54) is 7.05 Å². The first-order chi connectivity index (χ1) is 9.19. The van der Waals surface area contributed by atoms with Gasteiger partial charge in [-0.1, -0.05) is 11.6 Å². The fraction of sp³-hybridized carbons (Fsp3) is 0.273. The van der Waals surface area contributed by atoms with Gasteiger partial charge in [0, 0.05) is 13.5 Å². The van der Waals surface area contributed by atoms with Crippen LogP contribution in [0.1, 0.15) is 16.8 Å². The molecule has 0 atom stereocenters. The first-order valence-electron chi connectivity index (χ1n) is 5.34. The molecule has 1 amide bonds. The minimum atomic E-state index is -3.98. The number of carbonyl (C=O) groups excluding carboxylic acids is 1. The minimum Gasteiger partial charge on any atom is -0.478 e. The van der Waals surface area contributed by atoms with Gasteiger partial charge in [0.2, 0.25) is 5.91 Å². The number of aromatic carboxylic acids is 1. The molecule has 1 rings (SSSR count). The molecule has 6 nitrogen and oxygen atoms in total. The second-order valence-electron chi connectivity index (χ2n) is 3.81. The van der Waals surface area contributed by atoms with Gasteiger partial charge in [0.25, 0.3) is 0 Å². The van der Waals surface area contributed by atoms with Gasteiger partial charge in [0.15, 0.2) is 9.84 Å². The number of benzene rings is 1. The monoisotopic (exact) mass is 323 g/mol. The molecule has 0 saturated carbocycles. The van der Waals surface area contributed by atoms with Crippen molar-refractivity contribution in [2.75, 3.05) is 12.8 Å². The smallest absolute Gasteiger partial charge is 0.337 e. The number of hydrogen-bond acceptors (Lipinski definition) is 4. The van der Waals surface area contributed by atoms with Crippen LogP contribution in [-0.4, -0.2) is 38.2 Å². The molecule has 1 aromatic rings. The summed E-state index contributed by atoms with van der Waals surface area (Å²) in [6.45, 7) is 0. The third kappa shape index (κ3) is 3.67.